The molecule has 20 heavy (non-hydrogen) atoms. The molecular weight excluding hydrogens is 268 g/mol. The van der Waals surface area contributed by atoms with Crippen molar-refractivity contribution in [2.24, 2.45) is 5.41 Å². The Morgan fingerprint density at radius 1 is 1.35 bits per heavy atom. The van der Waals surface area contributed by atoms with Gasteiger partial charge in [0.05, 0.1) is 11.2 Å². The molecule has 1 aliphatic carbocycles. The molecular formula is C16H18N2OS. The van der Waals surface area contributed by atoms with E-state index in [0.717, 1.165) is 40.9 Å². The van der Waals surface area contributed by atoms with Crippen LogP contribution in [0.5, 0.6) is 0 Å². The van der Waals surface area contributed by atoms with Gasteiger partial charge in [0.2, 0.25) is 5.91 Å². The van der Waals surface area contributed by atoms with Crippen molar-refractivity contribution < 1.29 is 4.79 Å². The molecule has 1 aliphatic rings. The van der Waals surface area contributed by atoms with Crippen LogP contribution in [0.2, 0.25) is 0 Å². The van der Waals surface area contributed by atoms with Gasteiger partial charge in [0.15, 0.2) is 0 Å². The predicted octanol–water partition coefficient (Wildman–Crippen LogP) is 3.58. The number of pyridine rings is 1. The second kappa shape index (κ2) is 5.09. The first-order chi connectivity index (χ1) is 9.62. The summed E-state index contributed by atoms with van der Waals surface area (Å²) in [4.78, 5) is 16.7. The summed E-state index contributed by atoms with van der Waals surface area (Å²) in [5.74, 6) is 0.847. The number of nitrogens with one attached hydrogen (secondary N) is 1. The fourth-order valence-corrected chi connectivity index (χ4v) is 2.88. The molecule has 104 valence electrons. The summed E-state index contributed by atoms with van der Waals surface area (Å²) in [6.07, 6.45) is 2.77. The minimum atomic E-state index is 0.0624. The molecule has 1 aromatic carbocycles. The van der Waals surface area contributed by atoms with Crippen LogP contribution in [-0.4, -0.2) is 16.6 Å². The number of thiol groups is 1. The Labute approximate surface area is 124 Å². The summed E-state index contributed by atoms with van der Waals surface area (Å²) in [6.45, 7) is 1.96. The van der Waals surface area contributed by atoms with E-state index in [-0.39, 0.29) is 11.3 Å². The van der Waals surface area contributed by atoms with E-state index in [0.29, 0.717) is 6.42 Å². The molecule has 1 N–H and O–H groups in total. The number of para-hydroxylation sites is 1. The van der Waals surface area contributed by atoms with E-state index in [1.54, 1.807) is 0 Å². The average Bonchev–Trinajstić information content (AvgIpc) is 3.19. The van der Waals surface area contributed by atoms with Crippen LogP contribution in [0.25, 0.3) is 10.9 Å². The van der Waals surface area contributed by atoms with E-state index >= 15 is 0 Å². The second-order valence-corrected chi connectivity index (χ2v) is 6.03. The van der Waals surface area contributed by atoms with Crippen molar-refractivity contribution in [2.45, 2.75) is 26.2 Å². The van der Waals surface area contributed by atoms with Crippen LogP contribution in [0.3, 0.4) is 0 Å². The lowest BCUT2D eigenvalue weighted by Gasteiger charge is -2.13. The summed E-state index contributed by atoms with van der Waals surface area (Å²) in [6, 6.07) is 9.87. The molecule has 1 aromatic heterocycles. The van der Waals surface area contributed by atoms with Crippen molar-refractivity contribution in [2.75, 3.05) is 11.1 Å². The second-order valence-electron chi connectivity index (χ2n) is 5.71. The number of hydrogen-bond donors (Lipinski definition) is 2. The number of anilines is 1. The number of aryl methyl sites for hydroxylation is 1. The first kappa shape index (κ1) is 13.4. The number of rotatable bonds is 4. The number of carbonyl (C=O) groups is 1. The Morgan fingerprint density at radius 2 is 2.15 bits per heavy atom. The average molecular weight is 286 g/mol. The van der Waals surface area contributed by atoms with E-state index in [9.17, 15) is 4.79 Å². The van der Waals surface area contributed by atoms with E-state index in [1.807, 2.05) is 37.3 Å². The zero-order valence-electron chi connectivity index (χ0n) is 11.5. The summed E-state index contributed by atoms with van der Waals surface area (Å²) in [5, 5.41) is 4.05. The highest BCUT2D eigenvalue weighted by atomic mass is 32.1. The third-order valence-electron chi connectivity index (χ3n) is 3.96. The number of fused-ring (bicyclic) bond motifs is 1. The van der Waals surface area contributed by atoms with E-state index in [4.69, 9.17) is 0 Å². The van der Waals surface area contributed by atoms with Gasteiger partial charge in [-0.25, -0.2) is 0 Å². The minimum absolute atomic E-state index is 0.0624. The van der Waals surface area contributed by atoms with Gasteiger partial charge >= 0.3 is 0 Å². The lowest BCUT2D eigenvalue weighted by atomic mass is 10.0. The van der Waals surface area contributed by atoms with Gasteiger partial charge in [0, 0.05) is 17.5 Å². The number of nitrogens with zero attached hydrogens (tertiary/aromatic N) is 1. The maximum Gasteiger partial charge on any atom is 0.225 e. The number of hydrogen-bond acceptors (Lipinski definition) is 3. The van der Waals surface area contributed by atoms with Crippen molar-refractivity contribution in [3.63, 3.8) is 0 Å². The van der Waals surface area contributed by atoms with E-state index in [2.05, 4.69) is 22.9 Å². The maximum atomic E-state index is 12.2. The Hall–Kier alpha value is -1.55. The monoisotopic (exact) mass is 286 g/mol. The van der Waals surface area contributed by atoms with Gasteiger partial charge in [-0.1, -0.05) is 18.2 Å². The molecule has 0 bridgehead atoms. The molecule has 0 spiro atoms. The lowest BCUT2D eigenvalue weighted by Crippen LogP contribution is -2.18. The highest BCUT2D eigenvalue weighted by Crippen LogP contribution is 2.49. The van der Waals surface area contributed by atoms with Crippen molar-refractivity contribution in [1.29, 1.82) is 0 Å². The third kappa shape index (κ3) is 2.66. The zero-order valence-corrected chi connectivity index (χ0v) is 12.4. The minimum Gasteiger partial charge on any atom is -0.324 e. The number of carbonyl (C=O) groups excluding carboxylic acids is 1. The first-order valence-electron chi connectivity index (χ1n) is 6.89. The molecule has 2 aromatic rings. The van der Waals surface area contributed by atoms with Gasteiger partial charge < -0.3 is 5.32 Å². The summed E-state index contributed by atoms with van der Waals surface area (Å²) >= 11 is 4.34. The Morgan fingerprint density at radius 3 is 2.85 bits per heavy atom. The molecule has 1 saturated carbocycles. The van der Waals surface area contributed by atoms with Gasteiger partial charge in [-0.2, -0.15) is 12.6 Å². The van der Waals surface area contributed by atoms with Crippen LogP contribution in [0, 0.1) is 12.3 Å². The zero-order chi connectivity index (χ0) is 14.2. The molecule has 0 radical (unpaired) electrons. The largest absolute Gasteiger partial charge is 0.324 e. The van der Waals surface area contributed by atoms with Crippen molar-refractivity contribution in [1.82, 2.24) is 4.98 Å². The van der Waals surface area contributed by atoms with Crippen LogP contribution in [0.1, 0.15) is 25.0 Å². The molecule has 0 saturated heterocycles. The Balaban J connectivity index is 1.83. The Bertz CT molecular complexity index is 665. The third-order valence-corrected chi connectivity index (χ3v) is 4.63. The first-order valence-corrected chi connectivity index (χ1v) is 7.52. The van der Waals surface area contributed by atoms with Gasteiger partial charge in [0.25, 0.3) is 0 Å². The van der Waals surface area contributed by atoms with Crippen LogP contribution in [0.15, 0.2) is 30.3 Å². The number of aromatic nitrogens is 1. The van der Waals surface area contributed by atoms with Crippen LogP contribution in [0.4, 0.5) is 5.69 Å². The number of amides is 1. The summed E-state index contributed by atoms with van der Waals surface area (Å²) in [5.41, 5.74) is 2.75. The predicted molar refractivity (Wildman–Crippen MR) is 85.2 cm³/mol. The highest BCUT2D eigenvalue weighted by Gasteiger charge is 2.42. The fraction of sp³-hybridized carbons (Fsp3) is 0.375. The molecule has 0 aliphatic heterocycles. The number of benzene rings is 1. The van der Waals surface area contributed by atoms with Crippen LogP contribution in [-0.2, 0) is 4.79 Å². The smallest absolute Gasteiger partial charge is 0.225 e. The Kier molecular flexibility index (Phi) is 3.42. The fourth-order valence-electron chi connectivity index (χ4n) is 2.45. The molecule has 3 rings (SSSR count). The topological polar surface area (TPSA) is 42.0 Å². The summed E-state index contributed by atoms with van der Waals surface area (Å²) in [7, 11) is 0. The van der Waals surface area contributed by atoms with E-state index in [1.165, 1.54) is 0 Å². The van der Waals surface area contributed by atoms with Crippen molar-refractivity contribution >= 4 is 35.1 Å². The van der Waals surface area contributed by atoms with Crippen molar-refractivity contribution in [3.05, 3.63) is 36.0 Å². The molecule has 3 nitrogen and oxygen atoms in total. The van der Waals surface area contributed by atoms with Crippen LogP contribution >= 0.6 is 12.6 Å². The lowest BCUT2D eigenvalue weighted by molar-refractivity contribution is -0.117. The normalized spacial score (nSPS) is 16.1. The molecule has 1 amide bonds. The quantitative estimate of drug-likeness (QED) is 0.844. The molecule has 0 atom stereocenters. The molecule has 4 heteroatoms. The maximum absolute atomic E-state index is 12.2. The van der Waals surface area contributed by atoms with Gasteiger partial charge in [0.1, 0.15) is 0 Å². The summed E-state index contributed by atoms with van der Waals surface area (Å²) < 4.78 is 0. The molecule has 1 heterocycles. The highest BCUT2D eigenvalue weighted by molar-refractivity contribution is 7.80. The molecule has 1 fully saturated rings. The molecule has 0 unspecified atom stereocenters. The van der Waals surface area contributed by atoms with Gasteiger partial charge in [-0.15, -0.1) is 0 Å². The standard InChI is InChI=1S/C16H18N2OS/c1-11-5-6-12-3-2-4-13(15(12)17-11)18-14(19)9-16(10-20)7-8-16/h2-6,20H,7-10H2,1H3,(H,18,19). The SMILES string of the molecule is Cc1ccc2cccc(NC(=O)CC3(CS)CC3)c2n1. The van der Waals surface area contributed by atoms with Crippen LogP contribution < -0.4 is 5.32 Å². The van der Waals surface area contributed by atoms with E-state index < -0.39 is 0 Å². The van der Waals surface area contributed by atoms with Crippen molar-refractivity contribution in [3.8, 4) is 0 Å². The van der Waals surface area contributed by atoms with Gasteiger partial charge in [-0.3, -0.25) is 9.78 Å². The van der Waals surface area contributed by atoms with Gasteiger partial charge in [-0.05, 0) is 43.1 Å².